The Morgan fingerprint density at radius 2 is 2.11 bits per heavy atom. The maximum atomic E-state index is 11.7. The monoisotopic (exact) mass is 245 g/mol. The molecule has 4 nitrogen and oxygen atoms in total. The van der Waals surface area contributed by atoms with Gasteiger partial charge in [0.25, 0.3) is 0 Å². The van der Waals surface area contributed by atoms with E-state index >= 15 is 0 Å². The van der Waals surface area contributed by atoms with Crippen LogP contribution in [0.3, 0.4) is 0 Å². The zero-order chi connectivity index (χ0) is 13.6. The van der Waals surface area contributed by atoms with Gasteiger partial charge in [-0.25, -0.2) is 0 Å². The minimum Gasteiger partial charge on any atom is -0.354 e. The number of carbonyl (C=O) groups excluding carboxylic acids is 1. The van der Waals surface area contributed by atoms with Crippen molar-refractivity contribution in [3.8, 4) is 6.07 Å². The number of pyridine rings is 1. The molecule has 0 aliphatic carbocycles. The van der Waals surface area contributed by atoms with E-state index < -0.39 is 5.92 Å². The molecule has 0 radical (unpaired) electrons. The third-order valence-electron chi connectivity index (χ3n) is 3.05. The fourth-order valence-corrected chi connectivity index (χ4v) is 1.67. The van der Waals surface area contributed by atoms with Crippen molar-refractivity contribution in [3.63, 3.8) is 0 Å². The molecule has 0 fully saturated rings. The molecule has 0 aliphatic rings. The number of aromatic nitrogens is 1. The first-order valence-electron chi connectivity index (χ1n) is 6.09. The molecule has 0 spiro atoms. The lowest BCUT2D eigenvalue weighted by Crippen LogP contribution is -2.39. The fourth-order valence-electron chi connectivity index (χ4n) is 1.67. The molecule has 96 valence electrons. The normalized spacial score (nSPS) is 12.6. The molecule has 1 aromatic rings. The van der Waals surface area contributed by atoms with Crippen LogP contribution in [0.2, 0.25) is 0 Å². The SMILES string of the molecule is CCC(C#N)C(=O)NCC(C)(C)c1ccncc1. The lowest BCUT2D eigenvalue weighted by Gasteiger charge is -2.25. The lowest BCUT2D eigenvalue weighted by atomic mass is 9.85. The van der Waals surface area contributed by atoms with Gasteiger partial charge >= 0.3 is 0 Å². The quantitative estimate of drug-likeness (QED) is 0.863. The van der Waals surface area contributed by atoms with Crippen molar-refractivity contribution in [2.75, 3.05) is 6.54 Å². The Labute approximate surface area is 108 Å². The minimum atomic E-state index is -0.557. The summed E-state index contributed by atoms with van der Waals surface area (Å²) in [6.07, 6.45) is 4.02. The van der Waals surface area contributed by atoms with E-state index in [0.717, 1.165) is 5.56 Å². The van der Waals surface area contributed by atoms with Crippen molar-refractivity contribution in [3.05, 3.63) is 30.1 Å². The van der Waals surface area contributed by atoms with Gasteiger partial charge < -0.3 is 5.32 Å². The first kappa shape index (κ1) is 14.2. The van der Waals surface area contributed by atoms with Crippen LogP contribution >= 0.6 is 0 Å². The van der Waals surface area contributed by atoms with Gasteiger partial charge in [0.05, 0.1) is 6.07 Å². The second-order valence-corrected chi connectivity index (χ2v) is 4.93. The molecule has 0 bridgehead atoms. The van der Waals surface area contributed by atoms with E-state index in [1.807, 2.05) is 25.1 Å². The maximum absolute atomic E-state index is 11.7. The molecule has 0 saturated heterocycles. The van der Waals surface area contributed by atoms with E-state index in [0.29, 0.717) is 13.0 Å². The molecule has 0 saturated carbocycles. The Bertz CT molecular complexity index is 434. The zero-order valence-electron chi connectivity index (χ0n) is 11.1. The van der Waals surface area contributed by atoms with Gasteiger partial charge in [0.1, 0.15) is 5.92 Å². The Balaban J connectivity index is 2.63. The summed E-state index contributed by atoms with van der Waals surface area (Å²) in [5, 5.41) is 11.7. The van der Waals surface area contributed by atoms with Crippen molar-refractivity contribution < 1.29 is 4.79 Å². The van der Waals surface area contributed by atoms with E-state index in [4.69, 9.17) is 5.26 Å². The van der Waals surface area contributed by atoms with Crippen LogP contribution in [-0.2, 0) is 10.2 Å². The van der Waals surface area contributed by atoms with Gasteiger partial charge in [-0.15, -0.1) is 0 Å². The van der Waals surface area contributed by atoms with Crippen LogP contribution in [0.5, 0.6) is 0 Å². The Morgan fingerprint density at radius 3 is 2.61 bits per heavy atom. The highest BCUT2D eigenvalue weighted by Crippen LogP contribution is 2.21. The van der Waals surface area contributed by atoms with E-state index in [2.05, 4.69) is 24.1 Å². The molecule has 1 aromatic heterocycles. The molecule has 1 N–H and O–H groups in total. The summed E-state index contributed by atoms with van der Waals surface area (Å²) in [6.45, 7) is 6.45. The predicted octanol–water partition coefficient (Wildman–Crippen LogP) is 2.03. The third-order valence-corrected chi connectivity index (χ3v) is 3.05. The molecule has 4 heteroatoms. The molecule has 1 rings (SSSR count). The second kappa shape index (κ2) is 6.15. The van der Waals surface area contributed by atoms with Gasteiger partial charge in [-0.05, 0) is 24.1 Å². The van der Waals surface area contributed by atoms with Crippen LogP contribution in [0.4, 0.5) is 0 Å². The van der Waals surface area contributed by atoms with Crippen LogP contribution in [0.1, 0.15) is 32.8 Å². The Hall–Kier alpha value is -1.89. The number of nitriles is 1. The Kier molecular flexibility index (Phi) is 4.85. The van der Waals surface area contributed by atoms with Crippen LogP contribution < -0.4 is 5.32 Å². The van der Waals surface area contributed by atoms with E-state index in [1.54, 1.807) is 12.4 Å². The topological polar surface area (TPSA) is 65.8 Å². The molecule has 0 aliphatic heterocycles. The molecule has 1 amide bonds. The highest BCUT2D eigenvalue weighted by molar-refractivity contribution is 5.81. The average Bonchev–Trinajstić information content (AvgIpc) is 2.39. The summed E-state index contributed by atoms with van der Waals surface area (Å²) < 4.78 is 0. The van der Waals surface area contributed by atoms with Crippen LogP contribution in [-0.4, -0.2) is 17.4 Å². The zero-order valence-corrected chi connectivity index (χ0v) is 11.1. The van der Waals surface area contributed by atoms with Crippen molar-refractivity contribution >= 4 is 5.91 Å². The average molecular weight is 245 g/mol. The highest BCUT2D eigenvalue weighted by atomic mass is 16.1. The summed E-state index contributed by atoms with van der Waals surface area (Å²) in [5.74, 6) is -0.750. The van der Waals surface area contributed by atoms with E-state index in [1.165, 1.54) is 0 Å². The van der Waals surface area contributed by atoms with Gasteiger partial charge in [0, 0.05) is 24.4 Å². The second-order valence-electron chi connectivity index (χ2n) is 4.93. The largest absolute Gasteiger partial charge is 0.354 e. The molecule has 1 unspecified atom stereocenters. The molecule has 0 aromatic carbocycles. The predicted molar refractivity (Wildman–Crippen MR) is 69.7 cm³/mol. The number of nitrogens with one attached hydrogen (secondary N) is 1. The van der Waals surface area contributed by atoms with Gasteiger partial charge in [-0.2, -0.15) is 5.26 Å². The van der Waals surface area contributed by atoms with Crippen molar-refractivity contribution in [1.82, 2.24) is 10.3 Å². The van der Waals surface area contributed by atoms with Crippen molar-refractivity contribution in [1.29, 1.82) is 5.26 Å². The molecule has 1 atom stereocenters. The van der Waals surface area contributed by atoms with Gasteiger partial charge in [0.2, 0.25) is 5.91 Å². The van der Waals surface area contributed by atoms with Gasteiger partial charge in [-0.3, -0.25) is 9.78 Å². The summed E-state index contributed by atoms with van der Waals surface area (Å²) in [4.78, 5) is 15.7. The van der Waals surface area contributed by atoms with Crippen molar-refractivity contribution in [2.45, 2.75) is 32.6 Å². The number of nitrogens with zero attached hydrogens (tertiary/aromatic N) is 2. The van der Waals surface area contributed by atoms with Crippen LogP contribution in [0.25, 0.3) is 0 Å². The molecule has 18 heavy (non-hydrogen) atoms. The summed E-state index contributed by atoms with van der Waals surface area (Å²) in [7, 11) is 0. The van der Waals surface area contributed by atoms with Crippen molar-refractivity contribution in [2.24, 2.45) is 5.92 Å². The fraction of sp³-hybridized carbons (Fsp3) is 0.500. The van der Waals surface area contributed by atoms with Crippen LogP contribution in [0, 0.1) is 17.2 Å². The standard InChI is InChI=1S/C14H19N3O/c1-4-11(9-15)13(18)17-10-14(2,3)12-5-7-16-8-6-12/h5-8,11H,4,10H2,1-3H3,(H,17,18). The molecular weight excluding hydrogens is 226 g/mol. The number of amides is 1. The third kappa shape index (κ3) is 3.56. The van der Waals surface area contributed by atoms with E-state index in [-0.39, 0.29) is 11.3 Å². The molecule has 1 heterocycles. The summed E-state index contributed by atoms with van der Waals surface area (Å²) >= 11 is 0. The van der Waals surface area contributed by atoms with Gasteiger partial charge in [0.15, 0.2) is 0 Å². The number of hydrogen-bond donors (Lipinski definition) is 1. The Morgan fingerprint density at radius 1 is 1.50 bits per heavy atom. The number of rotatable bonds is 5. The summed E-state index contributed by atoms with van der Waals surface area (Å²) in [6, 6.07) is 5.88. The van der Waals surface area contributed by atoms with E-state index in [9.17, 15) is 4.79 Å². The lowest BCUT2D eigenvalue weighted by molar-refractivity contribution is -0.123. The first-order valence-corrected chi connectivity index (χ1v) is 6.09. The molecular formula is C14H19N3O. The maximum Gasteiger partial charge on any atom is 0.237 e. The number of hydrogen-bond acceptors (Lipinski definition) is 3. The smallest absolute Gasteiger partial charge is 0.237 e. The number of carbonyl (C=O) groups is 1. The summed E-state index contributed by atoms with van der Waals surface area (Å²) in [5.41, 5.74) is 0.939. The van der Waals surface area contributed by atoms with Crippen LogP contribution in [0.15, 0.2) is 24.5 Å². The van der Waals surface area contributed by atoms with Gasteiger partial charge in [-0.1, -0.05) is 20.8 Å². The first-order chi connectivity index (χ1) is 8.51. The highest BCUT2D eigenvalue weighted by Gasteiger charge is 2.23. The minimum absolute atomic E-state index is 0.174.